The van der Waals surface area contributed by atoms with Crippen LogP contribution < -0.4 is 10.2 Å². The number of piperazine rings is 1. The summed E-state index contributed by atoms with van der Waals surface area (Å²) in [5.74, 6) is 1.43. The summed E-state index contributed by atoms with van der Waals surface area (Å²) in [6.07, 6.45) is 10.9. The Labute approximate surface area is 173 Å². The summed E-state index contributed by atoms with van der Waals surface area (Å²) in [5, 5.41) is 12.9. The number of aliphatic imine (C=N–C) groups is 1. The van der Waals surface area contributed by atoms with Crippen LogP contribution in [-0.2, 0) is 0 Å². The molecule has 0 bridgehead atoms. The van der Waals surface area contributed by atoms with Gasteiger partial charge >= 0.3 is 0 Å². The lowest BCUT2D eigenvalue weighted by Gasteiger charge is -2.44. The van der Waals surface area contributed by atoms with Gasteiger partial charge < -0.3 is 10.2 Å². The highest BCUT2D eigenvalue weighted by atomic mass is 15.3. The minimum absolute atomic E-state index is 0.193. The van der Waals surface area contributed by atoms with Crippen LogP contribution in [0.25, 0.3) is 17.2 Å². The van der Waals surface area contributed by atoms with E-state index in [9.17, 15) is 5.26 Å². The van der Waals surface area contributed by atoms with Crippen LogP contribution >= 0.6 is 0 Å². The fraction of sp³-hybridized carbons (Fsp3) is 0.333. The minimum atomic E-state index is 0.193. The Morgan fingerprint density at radius 1 is 1.20 bits per heavy atom. The summed E-state index contributed by atoms with van der Waals surface area (Å²) in [4.78, 5) is 24.4. The van der Waals surface area contributed by atoms with Gasteiger partial charge in [-0.2, -0.15) is 5.26 Å². The van der Waals surface area contributed by atoms with Crippen molar-refractivity contribution in [3.05, 3.63) is 48.2 Å². The van der Waals surface area contributed by atoms with Gasteiger partial charge in [-0.15, -0.1) is 0 Å². The first-order valence-electron chi connectivity index (χ1n) is 9.93. The number of hydrogen-bond donors (Lipinski definition) is 1. The van der Waals surface area contributed by atoms with Crippen molar-refractivity contribution >= 4 is 17.7 Å². The normalized spacial score (nSPS) is 23.6. The van der Waals surface area contributed by atoms with Crippen LogP contribution in [0.4, 0.5) is 5.82 Å². The molecule has 0 spiro atoms. The molecule has 5 heterocycles. The molecule has 0 aliphatic carbocycles. The van der Waals surface area contributed by atoms with Gasteiger partial charge in [-0.05, 0) is 25.5 Å². The summed E-state index contributed by atoms with van der Waals surface area (Å²) < 4.78 is 1.80. The molecule has 3 aromatic heterocycles. The molecular formula is C21H21N9. The van der Waals surface area contributed by atoms with E-state index in [0.29, 0.717) is 23.2 Å². The van der Waals surface area contributed by atoms with Crippen LogP contribution in [0.15, 0.2) is 47.5 Å². The number of nitriles is 1. The van der Waals surface area contributed by atoms with Gasteiger partial charge in [-0.3, -0.25) is 9.39 Å². The zero-order chi connectivity index (χ0) is 20.7. The third kappa shape index (κ3) is 3.11. The quantitative estimate of drug-likeness (QED) is 0.713. The number of fused-ring (bicyclic) bond motifs is 1. The molecular weight excluding hydrogens is 378 g/mol. The van der Waals surface area contributed by atoms with E-state index in [0.717, 1.165) is 24.6 Å². The molecule has 1 saturated heterocycles. The molecule has 3 aromatic rings. The summed E-state index contributed by atoms with van der Waals surface area (Å²) in [5.41, 5.74) is 2.92. The predicted octanol–water partition coefficient (Wildman–Crippen LogP) is 1.62. The maximum atomic E-state index is 9.18. The van der Waals surface area contributed by atoms with E-state index in [4.69, 9.17) is 4.98 Å². The van der Waals surface area contributed by atoms with Crippen molar-refractivity contribution < 1.29 is 0 Å². The largest absolute Gasteiger partial charge is 0.350 e. The van der Waals surface area contributed by atoms with Crippen LogP contribution in [0.5, 0.6) is 0 Å². The minimum Gasteiger partial charge on any atom is -0.350 e. The van der Waals surface area contributed by atoms with Crippen LogP contribution in [0.2, 0.25) is 0 Å². The van der Waals surface area contributed by atoms with Gasteiger partial charge in [0.1, 0.15) is 17.6 Å². The molecule has 150 valence electrons. The maximum absolute atomic E-state index is 9.18. The van der Waals surface area contributed by atoms with Gasteiger partial charge in [0.05, 0.1) is 25.0 Å². The number of rotatable bonds is 3. The van der Waals surface area contributed by atoms with Crippen molar-refractivity contribution in [2.45, 2.75) is 32.0 Å². The monoisotopic (exact) mass is 399 g/mol. The van der Waals surface area contributed by atoms with Crippen LogP contribution in [0.3, 0.4) is 0 Å². The molecule has 9 heteroatoms. The topological polar surface area (TPSA) is 107 Å². The Balaban J connectivity index is 1.52. The van der Waals surface area contributed by atoms with E-state index >= 15 is 0 Å². The van der Waals surface area contributed by atoms with Gasteiger partial charge in [0.15, 0.2) is 17.2 Å². The molecule has 30 heavy (non-hydrogen) atoms. The van der Waals surface area contributed by atoms with E-state index in [1.54, 1.807) is 29.2 Å². The van der Waals surface area contributed by atoms with Crippen molar-refractivity contribution in [3.8, 4) is 17.6 Å². The highest BCUT2D eigenvalue weighted by Gasteiger charge is 2.34. The second-order valence-corrected chi connectivity index (χ2v) is 7.63. The number of nitrogens with one attached hydrogen (secondary N) is 1. The Morgan fingerprint density at radius 3 is 2.90 bits per heavy atom. The third-order valence-electron chi connectivity index (χ3n) is 5.62. The molecule has 5 rings (SSSR count). The summed E-state index contributed by atoms with van der Waals surface area (Å²) in [7, 11) is 0. The van der Waals surface area contributed by atoms with E-state index < -0.39 is 0 Å². The van der Waals surface area contributed by atoms with E-state index in [2.05, 4.69) is 56.2 Å². The highest BCUT2D eigenvalue weighted by molar-refractivity contribution is 5.83. The van der Waals surface area contributed by atoms with E-state index in [1.165, 1.54) is 5.57 Å². The van der Waals surface area contributed by atoms with Gasteiger partial charge in [0.25, 0.3) is 0 Å². The van der Waals surface area contributed by atoms with Crippen molar-refractivity contribution in [3.63, 3.8) is 0 Å². The SMILES string of the molecule is CC1CN(c2ccnc(-c3cnc4cnc(C#N)cn34)n2)C(C)C(C2=CCN=C2)N1. The predicted molar refractivity (Wildman–Crippen MR) is 113 cm³/mol. The Kier molecular flexibility index (Phi) is 4.48. The lowest BCUT2D eigenvalue weighted by atomic mass is 9.95. The molecule has 0 aromatic carbocycles. The van der Waals surface area contributed by atoms with Crippen LogP contribution in [0.1, 0.15) is 19.5 Å². The Bertz CT molecular complexity index is 1200. The van der Waals surface area contributed by atoms with Gasteiger partial charge in [-0.25, -0.2) is 19.9 Å². The smallest absolute Gasteiger partial charge is 0.180 e. The Morgan fingerprint density at radius 2 is 2.10 bits per heavy atom. The van der Waals surface area contributed by atoms with Crippen molar-refractivity contribution in [2.24, 2.45) is 4.99 Å². The third-order valence-corrected chi connectivity index (χ3v) is 5.62. The molecule has 0 radical (unpaired) electrons. The second kappa shape index (κ2) is 7.31. The molecule has 0 saturated carbocycles. The van der Waals surface area contributed by atoms with Gasteiger partial charge in [0, 0.05) is 37.2 Å². The fourth-order valence-corrected chi connectivity index (χ4v) is 4.14. The summed E-state index contributed by atoms with van der Waals surface area (Å²) in [6.45, 7) is 5.98. The number of imidazole rings is 1. The number of hydrogen-bond acceptors (Lipinski definition) is 8. The average Bonchev–Trinajstić information content (AvgIpc) is 3.44. The summed E-state index contributed by atoms with van der Waals surface area (Å²) >= 11 is 0. The number of anilines is 1. The molecule has 0 amide bonds. The van der Waals surface area contributed by atoms with E-state index in [1.807, 2.05) is 12.3 Å². The molecule has 2 aliphatic rings. The fourth-order valence-electron chi connectivity index (χ4n) is 4.14. The van der Waals surface area contributed by atoms with Gasteiger partial charge in [-0.1, -0.05) is 6.08 Å². The summed E-state index contributed by atoms with van der Waals surface area (Å²) in [6, 6.07) is 4.71. The Hall–Kier alpha value is -3.64. The molecule has 2 aliphatic heterocycles. The number of nitrogens with zero attached hydrogens (tertiary/aromatic N) is 8. The second-order valence-electron chi connectivity index (χ2n) is 7.63. The highest BCUT2D eigenvalue weighted by Crippen LogP contribution is 2.26. The van der Waals surface area contributed by atoms with Crippen molar-refractivity contribution in [2.75, 3.05) is 18.0 Å². The van der Waals surface area contributed by atoms with Gasteiger partial charge in [0.2, 0.25) is 0 Å². The molecule has 3 unspecified atom stereocenters. The van der Waals surface area contributed by atoms with Crippen LogP contribution in [0, 0.1) is 11.3 Å². The molecule has 1 fully saturated rings. The molecule has 3 atom stereocenters. The lowest BCUT2D eigenvalue weighted by Crippen LogP contribution is -2.61. The number of aromatic nitrogens is 5. The van der Waals surface area contributed by atoms with Crippen molar-refractivity contribution in [1.82, 2.24) is 29.7 Å². The average molecular weight is 399 g/mol. The standard InChI is InChI=1S/C21H21N9/c1-13-11-29(14(2)20(27-13)15-3-5-23-8-15)18-4-6-24-21(28-18)17-9-26-19-10-25-16(7-22)12-30(17)19/h3-4,6,8-10,12-14,20,27H,5,11H2,1-2H3. The first-order valence-corrected chi connectivity index (χ1v) is 9.93. The van der Waals surface area contributed by atoms with Crippen molar-refractivity contribution in [1.29, 1.82) is 5.26 Å². The molecule has 9 nitrogen and oxygen atoms in total. The maximum Gasteiger partial charge on any atom is 0.180 e. The first-order chi connectivity index (χ1) is 14.6. The lowest BCUT2D eigenvalue weighted by molar-refractivity contribution is 0.363. The zero-order valence-corrected chi connectivity index (χ0v) is 16.8. The molecule has 1 N–H and O–H groups in total. The van der Waals surface area contributed by atoms with Crippen LogP contribution in [-0.4, -0.2) is 61.8 Å². The van der Waals surface area contributed by atoms with E-state index in [-0.39, 0.29) is 12.1 Å². The zero-order valence-electron chi connectivity index (χ0n) is 16.8. The first kappa shape index (κ1) is 18.4.